The first-order chi connectivity index (χ1) is 15.6. The van der Waals surface area contributed by atoms with E-state index in [9.17, 15) is 26.3 Å². The second kappa shape index (κ2) is 8.33. The van der Waals surface area contributed by atoms with E-state index in [0.29, 0.717) is 5.56 Å². The molecule has 0 amide bonds. The summed E-state index contributed by atoms with van der Waals surface area (Å²) < 4.78 is 84.6. The van der Waals surface area contributed by atoms with Crippen molar-refractivity contribution in [2.75, 3.05) is 0 Å². The number of alkyl halides is 6. The van der Waals surface area contributed by atoms with Crippen molar-refractivity contribution < 1.29 is 26.3 Å². The van der Waals surface area contributed by atoms with Crippen LogP contribution in [0.25, 0.3) is 0 Å². The van der Waals surface area contributed by atoms with Gasteiger partial charge in [0.05, 0.1) is 10.9 Å². The molecule has 1 atom stereocenters. The zero-order chi connectivity index (χ0) is 23.9. The average Bonchev–Trinajstić information content (AvgIpc) is 3.32. The third-order valence-electron chi connectivity index (χ3n) is 5.23. The second-order valence-corrected chi connectivity index (χ2v) is 8.29. The highest BCUT2D eigenvalue weighted by Gasteiger charge is 2.74. The maximum atomic E-state index is 14.1. The van der Waals surface area contributed by atoms with Crippen LogP contribution in [0.3, 0.4) is 0 Å². The zero-order valence-electron chi connectivity index (χ0n) is 17.1. The molecule has 0 bridgehead atoms. The van der Waals surface area contributed by atoms with Crippen LogP contribution in [0, 0.1) is 0 Å². The van der Waals surface area contributed by atoms with Gasteiger partial charge in [0, 0.05) is 5.56 Å². The molecule has 0 radical (unpaired) electrons. The van der Waals surface area contributed by atoms with E-state index in [-0.39, 0.29) is 10.4 Å². The van der Waals surface area contributed by atoms with Crippen LogP contribution in [0.15, 0.2) is 88.2 Å². The number of benzene rings is 2. The Hall–Kier alpha value is -3.14. The Labute approximate surface area is 189 Å². The summed E-state index contributed by atoms with van der Waals surface area (Å²) >= 11 is 1.00. The van der Waals surface area contributed by atoms with Gasteiger partial charge in [0.2, 0.25) is 0 Å². The molecule has 2 aromatic carbocycles. The van der Waals surface area contributed by atoms with E-state index < -0.39 is 35.7 Å². The van der Waals surface area contributed by atoms with E-state index >= 15 is 0 Å². The molecule has 4 rings (SSSR count). The Balaban J connectivity index is 2.05. The molecule has 1 aliphatic rings. The van der Waals surface area contributed by atoms with Crippen LogP contribution < -0.4 is 0 Å². The molecule has 0 N–H and O–H groups in total. The predicted molar refractivity (Wildman–Crippen MR) is 115 cm³/mol. The van der Waals surface area contributed by atoms with E-state index in [2.05, 4.69) is 9.98 Å². The molecule has 2 heterocycles. The molecular formula is C23H17F6N3S. The predicted octanol–water partition coefficient (Wildman–Crippen LogP) is 6.84. The molecule has 3 nitrogen and oxygen atoms in total. The van der Waals surface area contributed by atoms with Gasteiger partial charge in [-0.15, -0.1) is 11.3 Å². The van der Waals surface area contributed by atoms with Crippen LogP contribution in [0.1, 0.15) is 29.0 Å². The molecule has 0 saturated heterocycles. The van der Waals surface area contributed by atoms with Gasteiger partial charge < -0.3 is 4.90 Å². The van der Waals surface area contributed by atoms with Crippen LogP contribution >= 0.6 is 11.3 Å². The topological polar surface area (TPSA) is 28.0 Å². The number of thiophene rings is 1. The molecule has 172 valence electrons. The lowest BCUT2D eigenvalue weighted by Gasteiger charge is -2.41. The molecule has 33 heavy (non-hydrogen) atoms. The van der Waals surface area contributed by atoms with Gasteiger partial charge in [-0.1, -0.05) is 66.7 Å². The molecular weight excluding hydrogens is 464 g/mol. The number of halogens is 6. The first-order valence-corrected chi connectivity index (χ1v) is 10.7. The van der Waals surface area contributed by atoms with E-state index in [4.69, 9.17) is 0 Å². The quantitative estimate of drug-likeness (QED) is 0.375. The number of hydrogen-bond acceptors (Lipinski definition) is 4. The van der Waals surface area contributed by atoms with Crippen molar-refractivity contribution in [3.05, 3.63) is 94.2 Å². The smallest absolute Gasteiger partial charge is 0.302 e. The van der Waals surface area contributed by atoms with Crippen molar-refractivity contribution in [2.45, 2.75) is 31.0 Å². The lowest BCUT2D eigenvalue weighted by molar-refractivity contribution is -0.293. The van der Waals surface area contributed by atoms with Gasteiger partial charge in [-0.05, 0) is 23.9 Å². The first kappa shape index (κ1) is 23.0. The molecule has 1 aliphatic heterocycles. The lowest BCUT2D eigenvalue weighted by atomic mass is 10.0. The Morgan fingerprint density at radius 1 is 0.758 bits per heavy atom. The van der Waals surface area contributed by atoms with E-state index in [1.165, 1.54) is 35.2 Å². The molecule has 0 saturated carbocycles. The minimum atomic E-state index is -5.81. The third-order valence-corrected chi connectivity index (χ3v) is 6.09. The van der Waals surface area contributed by atoms with Crippen LogP contribution in [-0.4, -0.2) is 34.6 Å². The molecule has 3 aromatic rings. The minimum absolute atomic E-state index is 0.113. The second-order valence-electron chi connectivity index (χ2n) is 7.34. The molecule has 0 fully saturated rings. The SMILES string of the molecule is CC(c1ccccc1)N1C(c2ccccc2)=NC(C(F)(F)F)(C(F)(F)F)N=C1c1cccs1. The van der Waals surface area contributed by atoms with Crippen molar-refractivity contribution in [1.29, 1.82) is 0 Å². The summed E-state index contributed by atoms with van der Waals surface area (Å²) in [6, 6.07) is 18.6. The van der Waals surface area contributed by atoms with E-state index in [1.807, 2.05) is 0 Å². The van der Waals surface area contributed by atoms with Crippen molar-refractivity contribution in [1.82, 2.24) is 4.90 Å². The fraction of sp³-hybridized carbons (Fsp3) is 0.217. The standard InChI is InChI=1S/C23H17F6N3S/c1-15(16-9-4-2-5-10-16)32-19(17-11-6-3-7-12-17)30-21(22(24,25)26,23(27,28)29)31-20(32)18-13-8-14-33-18/h2-15H,1H3. The molecule has 1 unspecified atom stereocenters. The van der Waals surface area contributed by atoms with Gasteiger partial charge >= 0.3 is 18.0 Å². The summed E-state index contributed by atoms with van der Waals surface area (Å²) in [5.41, 5.74) is -3.84. The van der Waals surface area contributed by atoms with Gasteiger partial charge in [-0.3, -0.25) is 0 Å². The maximum absolute atomic E-state index is 14.1. The zero-order valence-corrected chi connectivity index (χ0v) is 17.9. The highest BCUT2D eigenvalue weighted by atomic mass is 32.1. The highest BCUT2D eigenvalue weighted by Crippen LogP contribution is 2.50. The number of nitrogens with zero attached hydrogens (tertiary/aromatic N) is 3. The Morgan fingerprint density at radius 2 is 1.30 bits per heavy atom. The summed E-state index contributed by atoms with van der Waals surface area (Å²) in [4.78, 5) is 8.15. The van der Waals surface area contributed by atoms with Crippen molar-refractivity contribution in [3.8, 4) is 0 Å². The summed E-state index contributed by atoms with van der Waals surface area (Å²) in [6.07, 6.45) is -11.6. The van der Waals surface area contributed by atoms with Crippen molar-refractivity contribution in [2.24, 2.45) is 9.98 Å². The van der Waals surface area contributed by atoms with Crippen LogP contribution in [0.2, 0.25) is 0 Å². The summed E-state index contributed by atoms with van der Waals surface area (Å²) in [7, 11) is 0. The van der Waals surface area contributed by atoms with Crippen LogP contribution in [0.4, 0.5) is 26.3 Å². The summed E-state index contributed by atoms with van der Waals surface area (Å²) in [5, 5.41) is 1.57. The number of aliphatic imine (C=N–C) groups is 2. The minimum Gasteiger partial charge on any atom is -0.302 e. The summed E-state index contributed by atoms with van der Waals surface area (Å²) in [5.74, 6) is -0.898. The normalized spacial score (nSPS) is 17.4. The number of rotatable bonds is 4. The Bertz CT molecular complexity index is 1140. The average molecular weight is 481 g/mol. The van der Waals surface area contributed by atoms with Gasteiger partial charge in [0.1, 0.15) is 5.84 Å². The van der Waals surface area contributed by atoms with Crippen LogP contribution in [-0.2, 0) is 0 Å². The number of hydrogen-bond donors (Lipinski definition) is 0. The largest absolute Gasteiger partial charge is 0.443 e. The Kier molecular flexibility index (Phi) is 5.81. The highest BCUT2D eigenvalue weighted by molar-refractivity contribution is 7.12. The van der Waals surface area contributed by atoms with Gasteiger partial charge in [-0.25, -0.2) is 9.98 Å². The molecule has 10 heteroatoms. The molecule has 1 aromatic heterocycles. The monoisotopic (exact) mass is 481 g/mol. The fourth-order valence-electron chi connectivity index (χ4n) is 3.57. The summed E-state index contributed by atoms with van der Waals surface area (Å²) in [6.45, 7) is 1.69. The molecule has 0 spiro atoms. The van der Waals surface area contributed by atoms with Crippen molar-refractivity contribution in [3.63, 3.8) is 0 Å². The van der Waals surface area contributed by atoms with Crippen molar-refractivity contribution >= 4 is 23.0 Å². The van der Waals surface area contributed by atoms with Crippen LogP contribution in [0.5, 0.6) is 0 Å². The number of amidine groups is 2. The van der Waals surface area contributed by atoms with Gasteiger partial charge in [0.15, 0.2) is 5.84 Å². The molecule has 0 aliphatic carbocycles. The van der Waals surface area contributed by atoms with Gasteiger partial charge in [-0.2, -0.15) is 26.3 Å². The Morgan fingerprint density at radius 3 is 1.82 bits per heavy atom. The third kappa shape index (κ3) is 4.03. The first-order valence-electron chi connectivity index (χ1n) is 9.82. The maximum Gasteiger partial charge on any atom is 0.443 e. The van der Waals surface area contributed by atoms with Gasteiger partial charge in [0.25, 0.3) is 0 Å². The van der Waals surface area contributed by atoms with E-state index in [1.54, 1.807) is 54.8 Å². The lowest BCUT2D eigenvalue weighted by Crippen LogP contribution is -2.59. The van der Waals surface area contributed by atoms with E-state index in [0.717, 1.165) is 11.3 Å². The fourth-order valence-corrected chi connectivity index (χ4v) is 4.28.